The first kappa shape index (κ1) is 14.7. The second-order valence-corrected chi connectivity index (χ2v) is 6.55. The van der Waals surface area contributed by atoms with Gasteiger partial charge in [0.15, 0.2) is 0 Å². The van der Waals surface area contributed by atoms with Crippen LogP contribution in [0.5, 0.6) is 0 Å². The number of carbonyl (C=O) groups excluding carboxylic acids is 1. The third-order valence-electron chi connectivity index (χ3n) is 2.41. The number of hydrogen-bond acceptors (Lipinski definition) is 3. The molecule has 0 heterocycles. The van der Waals surface area contributed by atoms with Gasteiger partial charge in [0.05, 0.1) is 4.90 Å². The molecular weight excluding hydrogens is 252 g/mol. The van der Waals surface area contributed by atoms with Crippen LogP contribution in [0.3, 0.4) is 0 Å². The smallest absolute Gasteiger partial charge is 0.241 e. The lowest BCUT2D eigenvalue weighted by atomic mass is 10.0. The van der Waals surface area contributed by atoms with E-state index in [1.165, 1.54) is 6.07 Å². The first-order valence-electron chi connectivity index (χ1n) is 5.52. The van der Waals surface area contributed by atoms with Crippen molar-refractivity contribution in [3.8, 4) is 0 Å². The van der Waals surface area contributed by atoms with E-state index in [-0.39, 0.29) is 11.3 Å². The fourth-order valence-electron chi connectivity index (χ4n) is 1.75. The maximum absolute atomic E-state index is 12.2. The highest BCUT2D eigenvalue weighted by molar-refractivity contribution is 7.89. The molecule has 18 heavy (non-hydrogen) atoms. The molecule has 0 saturated carbocycles. The average Bonchev–Trinajstić information content (AvgIpc) is 2.13. The Morgan fingerprint density at radius 1 is 1.33 bits per heavy atom. The van der Waals surface area contributed by atoms with E-state index in [0.29, 0.717) is 5.56 Å². The Hall–Kier alpha value is -1.40. The van der Waals surface area contributed by atoms with Gasteiger partial charge in [0.2, 0.25) is 15.9 Å². The van der Waals surface area contributed by atoms with Crippen LogP contribution in [-0.4, -0.2) is 19.9 Å². The van der Waals surface area contributed by atoms with Crippen molar-refractivity contribution in [2.45, 2.75) is 37.6 Å². The zero-order valence-corrected chi connectivity index (χ0v) is 11.5. The normalized spacial score (nSPS) is 12.4. The van der Waals surface area contributed by atoms with Crippen LogP contribution < -0.4 is 10.5 Å². The molecule has 1 aromatic carbocycles. The number of primary amides is 1. The van der Waals surface area contributed by atoms with E-state index in [2.05, 4.69) is 4.72 Å². The molecule has 0 aromatic heterocycles. The number of rotatable bonds is 5. The summed E-state index contributed by atoms with van der Waals surface area (Å²) in [6.07, 6.45) is -0.0574. The Balaban J connectivity index is 3.03. The predicted molar refractivity (Wildman–Crippen MR) is 69.4 cm³/mol. The molecule has 0 aliphatic carbocycles. The molecule has 1 rings (SSSR count). The minimum absolute atomic E-state index is 0.0574. The van der Waals surface area contributed by atoms with Gasteiger partial charge in [-0.15, -0.1) is 0 Å². The van der Waals surface area contributed by atoms with Crippen molar-refractivity contribution in [3.05, 3.63) is 29.8 Å². The van der Waals surface area contributed by atoms with Crippen LogP contribution in [-0.2, 0) is 14.8 Å². The van der Waals surface area contributed by atoms with E-state index < -0.39 is 21.5 Å². The highest BCUT2D eigenvalue weighted by Crippen LogP contribution is 2.18. The van der Waals surface area contributed by atoms with Crippen molar-refractivity contribution in [3.63, 3.8) is 0 Å². The molecule has 1 aromatic rings. The zero-order valence-electron chi connectivity index (χ0n) is 10.7. The van der Waals surface area contributed by atoms with Crippen molar-refractivity contribution >= 4 is 15.9 Å². The second kappa shape index (κ2) is 5.07. The van der Waals surface area contributed by atoms with Crippen LogP contribution in [0, 0.1) is 6.92 Å². The van der Waals surface area contributed by atoms with Gasteiger partial charge in [0, 0.05) is 12.0 Å². The summed E-state index contributed by atoms with van der Waals surface area (Å²) in [5.74, 6) is -0.549. The highest BCUT2D eigenvalue weighted by atomic mass is 32.2. The Kier molecular flexibility index (Phi) is 4.13. The van der Waals surface area contributed by atoms with Gasteiger partial charge in [0.1, 0.15) is 0 Å². The van der Waals surface area contributed by atoms with Gasteiger partial charge in [-0.05, 0) is 32.4 Å². The molecule has 6 heteroatoms. The largest absolute Gasteiger partial charge is 0.370 e. The van der Waals surface area contributed by atoms with Crippen LogP contribution >= 0.6 is 0 Å². The van der Waals surface area contributed by atoms with E-state index in [9.17, 15) is 13.2 Å². The Labute approximate surface area is 107 Å². The minimum atomic E-state index is -3.65. The van der Waals surface area contributed by atoms with Crippen molar-refractivity contribution in [2.75, 3.05) is 0 Å². The average molecular weight is 270 g/mol. The molecule has 1 amide bonds. The maximum atomic E-state index is 12.2. The molecule has 3 N–H and O–H groups in total. The molecule has 0 spiro atoms. The van der Waals surface area contributed by atoms with Gasteiger partial charge in [0.25, 0.3) is 0 Å². The fraction of sp³-hybridized carbons (Fsp3) is 0.417. The Morgan fingerprint density at radius 3 is 2.39 bits per heavy atom. The van der Waals surface area contributed by atoms with Crippen LogP contribution in [0.15, 0.2) is 29.2 Å². The number of benzene rings is 1. The summed E-state index contributed by atoms with van der Waals surface area (Å²) in [5, 5.41) is 0. The summed E-state index contributed by atoms with van der Waals surface area (Å²) in [6.45, 7) is 4.96. The second-order valence-electron chi connectivity index (χ2n) is 4.90. The third-order valence-corrected chi connectivity index (χ3v) is 4.27. The van der Waals surface area contributed by atoms with Crippen molar-refractivity contribution in [1.82, 2.24) is 4.72 Å². The van der Waals surface area contributed by atoms with E-state index in [1.807, 2.05) is 0 Å². The number of hydrogen-bond donors (Lipinski definition) is 2. The van der Waals surface area contributed by atoms with Gasteiger partial charge < -0.3 is 5.73 Å². The summed E-state index contributed by atoms with van der Waals surface area (Å²) >= 11 is 0. The maximum Gasteiger partial charge on any atom is 0.241 e. The first-order valence-corrected chi connectivity index (χ1v) is 7.00. The quantitative estimate of drug-likeness (QED) is 0.834. The lowest BCUT2D eigenvalue weighted by Crippen LogP contribution is -2.46. The molecule has 0 radical (unpaired) electrons. The number of sulfonamides is 1. The van der Waals surface area contributed by atoms with E-state index in [1.54, 1.807) is 39.0 Å². The minimum Gasteiger partial charge on any atom is -0.370 e. The summed E-state index contributed by atoms with van der Waals surface area (Å²) in [6, 6.07) is 6.67. The van der Waals surface area contributed by atoms with Crippen molar-refractivity contribution in [2.24, 2.45) is 5.73 Å². The van der Waals surface area contributed by atoms with Gasteiger partial charge in [-0.1, -0.05) is 18.2 Å². The summed E-state index contributed by atoms with van der Waals surface area (Å²) < 4.78 is 26.9. The number of amides is 1. The van der Waals surface area contributed by atoms with Crippen LogP contribution in [0.2, 0.25) is 0 Å². The number of nitrogens with two attached hydrogens (primary N) is 1. The fourth-order valence-corrected chi connectivity index (χ4v) is 3.41. The SMILES string of the molecule is Cc1ccccc1S(=O)(=O)NC(C)(C)CC(N)=O. The topological polar surface area (TPSA) is 89.3 Å². The predicted octanol–water partition coefficient (Wildman–Crippen LogP) is 0.927. The number of carbonyl (C=O) groups is 1. The van der Waals surface area contributed by atoms with E-state index >= 15 is 0 Å². The molecule has 0 atom stereocenters. The summed E-state index contributed by atoms with van der Waals surface area (Å²) in [7, 11) is -3.65. The lowest BCUT2D eigenvalue weighted by Gasteiger charge is -2.24. The molecule has 0 unspecified atom stereocenters. The monoisotopic (exact) mass is 270 g/mol. The molecule has 0 aliphatic heterocycles. The van der Waals surface area contributed by atoms with Gasteiger partial charge in [-0.2, -0.15) is 0 Å². The van der Waals surface area contributed by atoms with E-state index in [4.69, 9.17) is 5.73 Å². The molecule has 0 aliphatic rings. The molecular formula is C12H18N2O3S. The number of nitrogens with one attached hydrogen (secondary N) is 1. The van der Waals surface area contributed by atoms with Gasteiger partial charge in [-0.3, -0.25) is 4.79 Å². The van der Waals surface area contributed by atoms with Crippen LogP contribution in [0.1, 0.15) is 25.8 Å². The van der Waals surface area contributed by atoms with E-state index in [0.717, 1.165) is 0 Å². The molecule has 0 bridgehead atoms. The lowest BCUT2D eigenvalue weighted by molar-refractivity contribution is -0.119. The molecule has 100 valence electrons. The van der Waals surface area contributed by atoms with Gasteiger partial charge >= 0.3 is 0 Å². The van der Waals surface area contributed by atoms with Crippen LogP contribution in [0.4, 0.5) is 0 Å². The molecule has 0 fully saturated rings. The zero-order chi connectivity index (χ0) is 14.0. The van der Waals surface area contributed by atoms with Crippen molar-refractivity contribution < 1.29 is 13.2 Å². The Morgan fingerprint density at radius 2 is 1.89 bits per heavy atom. The summed E-state index contributed by atoms with van der Waals surface area (Å²) in [5.41, 5.74) is 4.84. The highest BCUT2D eigenvalue weighted by Gasteiger charge is 2.28. The Bertz CT molecular complexity index is 550. The molecule has 5 nitrogen and oxygen atoms in total. The first-order chi connectivity index (χ1) is 8.14. The van der Waals surface area contributed by atoms with Gasteiger partial charge in [-0.25, -0.2) is 13.1 Å². The third kappa shape index (κ3) is 3.82. The molecule has 0 saturated heterocycles. The number of aryl methyl sites for hydroxylation is 1. The summed E-state index contributed by atoms with van der Waals surface area (Å²) in [4.78, 5) is 11.1. The standard InChI is InChI=1S/C12H18N2O3S/c1-9-6-4-5-7-10(9)18(16,17)14-12(2,3)8-11(13)15/h4-7,14H,8H2,1-3H3,(H2,13,15). The van der Waals surface area contributed by atoms with Crippen molar-refractivity contribution in [1.29, 1.82) is 0 Å². The van der Waals surface area contributed by atoms with Crippen LogP contribution in [0.25, 0.3) is 0 Å².